The van der Waals surface area contributed by atoms with Crippen LogP contribution in [0.5, 0.6) is 17.4 Å². The smallest absolute Gasteiger partial charge is 0.289 e. The molecule has 38 heavy (non-hydrogen) atoms. The van der Waals surface area contributed by atoms with E-state index in [1.807, 2.05) is 65.7 Å². The summed E-state index contributed by atoms with van der Waals surface area (Å²) in [5.74, 6) is 2.68. The fourth-order valence-electron chi connectivity index (χ4n) is 4.80. The molecule has 0 fully saturated rings. The molecule has 0 radical (unpaired) electrons. The Bertz CT molecular complexity index is 1550. The Kier molecular flexibility index (Phi) is 6.81. The SMILES string of the molecule is O=C(c1ccc(Cn2ccc3ccccc32)o1)N1CCCCCOc2ccccc2Oc2ncccc2C1. The van der Waals surface area contributed by atoms with Gasteiger partial charge >= 0.3 is 0 Å². The summed E-state index contributed by atoms with van der Waals surface area (Å²) >= 11 is 0. The molecule has 6 rings (SSSR count). The maximum atomic E-state index is 13.7. The van der Waals surface area contributed by atoms with Crippen LogP contribution in [0.15, 0.2) is 95.7 Å². The molecule has 0 saturated carbocycles. The zero-order valence-electron chi connectivity index (χ0n) is 21.1. The van der Waals surface area contributed by atoms with Gasteiger partial charge in [-0.25, -0.2) is 4.98 Å². The first-order valence-electron chi connectivity index (χ1n) is 13.0. The minimum Gasteiger partial charge on any atom is -0.490 e. The van der Waals surface area contributed by atoms with Gasteiger partial charge in [0.15, 0.2) is 17.3 Å². The van der Waals surface area contributed by atoms with Crippen molar-refractivity contribution in [1.29, 1.82) is 0 Å². The first-order valence-corrected chi connectivity index (χ1v) is 13.0. The van der Waals surface area contributed by atoms with E-state index in [-0.39, 0.29) is 5.91 Å². The maximum Gasteiger partial charge on any atom is 0.289 e. The second-order valence-corrected chi connectivity index (χ2v) is 9.42. The van der Waals surface area contributed by atoms with Gasteiger partial charge < -0.3 is 23.4 Å². The van der Waals surface area contributed by atoms with Gasteiger partial charge in [0, 0.05) is 30.0 Å². The number of carbonyl (C=O) groups is 1. The normalized spacial score (nSPS) is 14.3. The van der Waals surface area contributed by atoms with Crippen LogP contribution in [0.4, 0.5) is 0 Å². The predicted molar refractivity (Wildman–Crippen MR) is 145 cm³/mol. The van der Waals surface area contributed by atoms with Gasteiger partial charge in [-0.05, 0) is 67.1 Å². The van der Waals surface area contributed by atoms with Crippen molar-refractivity contribution in [2.75, 3.05) is 13.2 Å². The second kappa shape index (κ2) is 10.8. The van der Waals surface area contributed by atoms with Crippen LogP contribution in [0, 0.1) is 0 Å². The first kappa shape index (κ1) is 23.9. The van der Waals surface area contributed by atoms with Crippen LogP contribution >= 0.6 is 0 Å². The third-order valence-corrected chi connectivity index (χ3v) is 6.76. The molecule has 0 aliphatic carbocycles. The number of hydrogen-bond acceptors (Lipinski definition) is 5. The molecule has 5 aromatic rings. The summed E-state index contributed by atoms with van der Waals surface area (Å²) in [5, 5.41) is 1.17. The number of nitrogens with zero attached hydrogens (tertiary/aromatic N) is 3. The third kappa shape index (κ3) is 5.13. The lowest BCUT2D eigenvalue weighted by Gasteiger charge is -2.22. The fraction of sp³-hybridized carbons (Fsp3) is 0.226. The highest BCUT2D eigenvalue weighted by Gasteiger charge is 2.22. The van der Waals surface area contributed by atoms with Crippen molar-refractivity contribution in [3.63, 3.8) is 0 Å². The van der Waals surface area contributed by atoms with E-state index in [0.717, 1.165) is 36.1 Å². The largest absolute Gasteiger partial charge is 0.490 e. The Morgan fingerprint density at radius 3 is 2.68 bits per heavy atom. The molecule has 0 N–H and O–H groups in total. The molecular weight excluding hydrogens is 478 g/mol. The summed E-state index contributed by atoms with van der Waals surface area (Å²) in [6, 6.07) is 25.4. The van der Waals surface area contributed by atoms with E-state index in [4.69, 9.17) is 13.9 Å². The van der Waals surface area contributed by atoms with Gasteiger partial charge in [-0.1, -0.05) is 36.4 Å². The van der Waals surface area contributed by atoms with E-state index in [1.165, 1.54) is 5.39 Å². The number of furan rings is 1. The number of aromatic nitrogens is 2. The van der Waals surface area contributed by atoms with Crippen LogP contribution in [0.2, 0.25) is 0 Å². The highest BCUT2D eigenvalue weighted by molar-refractivity contribution is 5.91. The van der Waals surface area contributed by atoms with Crippen molar-refractivity contribution in [3.8, 4) is 17.4 Å². The van der Waals surface area contributed by atoms with Crippen LogP contribution in [0.3, 0.4) is 0 Å². The highest BCUT2D eigenvalue weighted by Crippen LogP contribution is 2.33. The third-order valence-electron chi connectivity index (χ3n) is 6.76. The van der Waals surface area contributed by atoms with Crippen molar-refractivity contribution in [3.05, 3.63) is 108 Å². The molecule has 0 atom stereocenters. The highest BCUT2D eigenvalue weighted by atomic mass is 16.5. The van der Waals surface area contributed by atoms with Gasteiger partial charge in [-0.15, -0.1) is 0 Å². The van der Waals surface area contributed by atoms with Gasteiger partial charge in [0.05, 0.1) is 19.7 Å². The molecule has 1 amide bonds. The summed E-state index contributed by atoms with van der Waals surface area (Å²) in [6.45, 7) is 2.10. The Morgan fingerprint density at radius 2 is 1.74 bits per heavy atom. The standard InChI is InChI=1S/C31H29N3O4/c35-31(29-15-14-25(37-29)22-33-19-16-23-9-2-3-11-26(23)33)34-18-6-1-7-20-36-27-12-4-5-13-28(27)38-30-24(21-34)10-8-17-32-30/h2-5,8-17,19H,1,6-7,18,20-22H2. The summed E-state index contributed by atoms with van der Waals surface area (Å²) in [7, 11) is 0. The Balaban J connectivity index is 1.24. The van der Waals surface area contributed by atoms with E-state index >= 15 is 0 Å². The summed E-state index contributed by atoms with van der Waals surface area (Å²) in [6.07, 6.45) is 6.42. The lowest BCUT2D eigenvalue weighted by molar-refractivity contribution is 0.0704. The lowest BCUT2D eigenvalue weighted by atomic mass is 10.2. The molecule has 0 bridgehead atoms. The lowest BCUT2D eigenvalue weighted by Crippen LogP contribution is -2.31. The van der Waals surface area contributed by atoms with Gasteiger partial charge in [-0.2, -0.15) is 0 Å². The van der Waals surface area contributed by atoms with Crippen LogP contribution < -0.4 is 9.47 Å². The van der Waals surface area contributed by atoms with Crippen LogP contribution in [0.1, 0.15) is 41.1 Å². The van der Waals surface area contributed by atoms with E-state index in [1.54, 1.807) is 12.3 Å². The van der Waals surface area contributed by atoms with Gasteiger partial charge in [0.25, 0.3) is 5.91 Å². The monoisotopic (exact) mass is 507 g/mol. The quantitative estimate of drug-likeness (QED) is 0.273. The number of carbonyl (C=O) groups excluding carboxylic acids is 1. The molecule has 4 heterocycles. The van der Waals surface area contributed by atoms with Crippen molar-refractivity contribution < 1.29 is 18.7 Å². The summed E-state index contributed by atoms with van der Waals surface area (Å²) in [5.41, 5.74) is 1.95. The Labute approximate surface area is 221 Å². The molecule has 0 unspecified atom stereocenters. The molecule has 7 nitrogen and oxygen atoms in total. The molecule has 2 aromatic carbocycles. The average Bonchev–Trinajstić information content (AvgIpc) is 3.59. The maximum absolute atomic E-state index is 13.7. The van der Waals surface area contributed by atoms with Crippen molar-refractivity contribution in [2.24, 2.45) is 0 Å². The Hall–Kier alpha value is -4.52. The molecule has 7 heteroatoms. The van der Waals surface area contributed by atoms with Gasteiger partial charge in [-0.3, -0.25) is 4.79 Å². The zero-order valence-corrected chi connectivity index (χ0v) is 21.1. The molecular formula is C31H29N3O4. The predicted octanol–water partition coefficient (Wildman–Crippen LogP) is 6.68. The van der Waals surface area contributed by atoms with E-state index in [9.17, 15) is 4.79 Å². The van der Waals surface area contributed by atoms with Crippen LogP contribution in [-0.4, -0.2) is 33.5 Å². The topological polar surface area (TPSA) is 69.7 Å². The summed E-state index contributed by atoms with van der Waals surface area (Å²) < 4.78 is 20.4. The second-order valence-electron chi connectivity index (χ2n) is 9.42. The molecule has 3 aromatic heterocycles. The number of ether oxygens (including phenoxy) is 2. The van der Waals surface area contributed by atoms with Crippen molar-refractivity contribution in [1.82, 2.24) is 14.5 Å². The molecule has 1 aliphatic heterocycles. The molecule has 0 saturated heterocycles. The zero-order chi connectivity index (χ0) is 25.7. The van der Waals surface area contributed by atoms with Crippen molar-refractivity contribution >= 4 is 16.8 Å². The number of amides is 1. The fourth-order valence-corrected chi connectivity index (χ4v) is 4.80. The number of hydrogen-bond donors (Lipinski definition) is 0. The number of benzene rings is 2. The molecule has 0 spiro atoms. The van der Waals surface area contributed by atoms with Crippen molar-refractivity contribution in [2.45, 2.75) is 32.4 Å². The van der Waals surface area contributed by atoms with E-state index in [0.29, 0.717) is 49.4 Å². The average molecular weight is 508 g/mol. The van der Waals surface area contributed by atoms with Gasteiger partial charge in [0.1, 0.15) is 5.76 Å². The van der Waals surface area contributed by atoms with E-state index in [2.05, 4.69) is 27.8 Å². The first-order chi connectivity index (χ1) is 18.7. The number of pyridine rings is 1. The number of rotatable bonds is 3. The number of fused-ring (bicyclic) bond motifs is 3. The van der Waals surface area contributed by atoms with Crippen LogP contribution in [-0.2, 0) is 13.1 Å². The number of para-hydroxylation sites is 3. The molecule has 1 aliphatic rings. The van der Waals surface area contributed by atoms with Gasteiger partial charge in [0.2, 0.25) is 5.88 Å². The summed E-state index contributed by atoms with van der Waals surface area (Å²) in [4.78, 5) is 19.9. The molecule has 192 valence electrons. The minimum absolute atomic E-state index is 0.144. The Morgan fingerprint density at radius 1 is 0.868 bits per heavy atom. The van der Waals surface area contributed by atoms with E-state index < -0.39 is 0 Å². The van der Waals surface area contributed by atoms with Crippen LogP contribution in [0.25, 0.3) is 10.9 Å². The minimum atomic E-state index is -0.144.